The Morgan fingerprint density at radius 1 is 1.17 bits per heavy atom. The molecule has 23 heavy (non-hydrogen) atoms. The minimum Gasteiger partial charge on any atom is -0.321 e. The molecule has 5 nitrogen and oxygen atoms in total. The van der Waals surface area contributed by atoms with E-state index >= 15 is 0 Å². The van der Waals surface area contributed by atoms with E-state index in [4.69, 9.17) is 0 Å². The number of hydrogen-bond donors (Lipinski definition) is 2. The molecule has 0 unspecified atom stereocenters. The number of carbonyl (C=O) groups is 1. The molecule has 0 radical (unpaired) electrons. The Kier molecular flexibility index (Phi) is 6.23. The number of hydrogen-bond acceptors (Lipinski definition) is 5. The molecule has 0 aliphatic carbocycles. The van der Waals surface area contributed by atoms with Crippen LogP contribution in [-0.2, 0) is 16.4 Å². The normalized spacial score (nSPS) is 11.4. The van der Waals surface area contributed by atoms with Gasteiger partial charge >= 0.3 is 0 Å². The second-order valence-electron chi connectivity index (χ2n) is 4.87. The van der Waals surface area contributed by atoms with Gasteiger partial charge in [0.2, 0.25) is 10.0 Å². The molecule has 0 spiro atoms. The molecule has 0 aliphatic rings. The van der Waals surface area contributed by atoms with E-state index in [9.17, 15) is 13.2 Å². The highest BCUT2D eigenvalue weighted by Gasteiger charge is 2.10. The Bertz CT molecular complexity index is 768. The third kappa shape index (κ3) is 5.98. The van der Waals surface area contributed by atoms with Gasteiger partial charge in [0.05, 0.1) is 11.1 Å². The van der Waals surface area contributed by atoms with Gasteiger partial charge in [0, 0.05) is 22.0 Å². The highest BCUT2D eigenvalue weighted by atomic mass is 32.2. The van der Waals surface area contributed by atoms with E-state index in [1.54, 1.807) is 17.8 Å². The SMILES string of the molecule is CSc1ccc(NC(=O)c2ccc(CCNS(C)(=O)=O)s2)cc1. The molecule has 1 heterocycles. The molecule has 0 saturated heterocycles. The van der Waals surface area contributed by atoms with Gasteiger partial charge in [-0.3, -0.25) is 4.79 Å². The van der Waals surface area contributed by atoms with Crippen molar-refractivity contribution in [3.8, 4) is 0 Å². The molecule has 0 atom stereocenters. The van der Waals surface area contributed by atoms with Crippen molar-refractivity contribution >= 4 is 44.7 Å². The smallest absolute Gasteiger partial charge is 0.265 e. The van der Waals surface area contributed by atoms with Gasteiger partial charge in [-0.15, -0.1) is 23.1 Å². The Hall–Kier alpha value is -1.35. The first-order valence-electron chi connectivity index (χ1n) is 6.86. The molecule has 2 rings (SSSR count). The number of anilines is 1. The van der Waals surface area contributed by atoms with Crippen molar-refractivity contribution in [1.82, 2.24) is 4.72 Å². The van der Waals surface area contributed by atoms with E-state index in [0.29, 0.717) is 17.8 Å². The first-order chi connectivity index (χ1) is 10.9. The number of benzene rings is 1. The minimum atomic E-state index is -3.18. The molecule has 124 valence electrons. The van der Waals surface area contributed by atoms with Gasteiger partial charge in [-0.1, -0.05) is 0 Å². The Labute approximate surface area is 144 Å². The molecular weight excluding hydrogens is 352 g/mol. The highest BCUT2D eigenvalue weighted by Crippen LogP contribution is 2.21. The average molecular weight is 371 g/mol. The fourth-order valence-corrected chi connectivity index (χ4v) is 3.64. The molecule has 0 saturated carbocycles. The largest absolute Gasteiger partial charge is 0.321 e. The highest BCUT2D eigenvalue weighted by molar-refractivity contribution is 7.98. The number of sulfonamides is 1. The summed E-state index contributed by atoms with van der Waals surface area (Å²) in [7, 11) is -3.18. The lowest BCUT2D eigenvalue weighted by Crippen LogP contribution is -2.24. The zero-order chi connectivity index (χ0) is 16.9. The summed E-state index contributed by atoms with van der Waals surface area (Å²) in [4.78, 5) is 14.9. The van der Waals surface area contributed by atoms with Gasteiger partial charge in [-0.25, -0.2) is 13.1 Å². The van der Waals surface area contributed by atoms with Gasteiger partial charge in [-0.05, 0) is 49.1 Å². The predicted octanol–water partition coefficient (Wildman–Crippen LogP) is 2.81. The van der Waals surface area contributed by atoms with Crippen LogP contribution in [0.5, 0.6) is 0 Å². The van der Waals surface area contributed by atoms with Crippen LogP contribution in [-0.4, -0.2) is 33.4 Å². The summed E-state index contributed by atoms with van der Waals surface area (Å²) < 4.78 is 24.5. The maximum Gasteiger partial charge on any atom is 0.265 e. The lowest BCUT2D eigenvalue weighted by molar-refractivity contribution is 0.103. The molecule has 0 fully saturated rings. The zero-order valence-electron chi connectivity index (χ0n) is 12.8. The summed E-state index contributed by atoms with van der Waals surface area (Å²) in [6.45, 7) is 0.330. The number of rotatable bonds is 7. The summed E-state index contributed by atoms with van der Waals surface area (Å²) in [5, 5.41) is 2.85. The van der Waals surface area contributed by atoms with Gasteiger partial charge in [0.15, 0.2) is 0 Å². The summed E-state index contributed by atoms with van der Waals surface area (Å²) in [5.41, 5.74) is 0.751. The topological polar surface area (TPSA) is 75.3 Å². The Morgan fingerprint density at radius 2 is 1.87 bits per heavy atom. The van der Waals surface area contributed by atoms with E-state index in [0.717, 1.165) is 21.7 Å². The molecule has 1 aromatic carbocycles. The van der Waals surface area contributed by atoms with Gasteiger partial charge in [-0.2, -0.15) is 0 Å². The van der Waals surface area contributed by atoms with Crippen molar-refractivity contribution in [2.24, 2.45) is 0 Å². The Morgan fingerprint density at radius 3 is 2.48 bits per heavy atom. The summed E-state index contributed by atoms with van der Waals surface area (Å²) in [6, 6.07) is 11.3. The summed E-state index contributed by atoms with van der Waals surface area (Å²) in [6.07, 6.45) is 3.69. The van der Waals surface area contributed by atoms with E-state index in [1.807, 2.05) is 36.6 Å². The fraction of sp³-hybridized carbons (Fsp3) is 0.267. The fourth-order valence-electron chi connectivity index (χ4n) is 1.86. The number of amides is 1. The first-order valence-corrected chi connectivity index (χ1v) is 10.8. The van der Waals surface area contributed by atoms with E-state index in [-0.39, 0.29) is 5.91 Å². The quantitative estimate of drug-likeness (QED) is 0.735. The van der Waals surface area contributed by atoms with Crippen LogP contribution in [0.15, 0.2) is 41.3 Å². The van der Waals surface area contributed by atoms with Crippen molar-refractivity contribution in [1.29, 1.82) is 0 Å². The molecule has 0 aliphatic heterocycles. The van der Waals surface area contributed by atoms with E-state index < -0.39 is 10.0 Å². The predicted molar refractivity (Wildman–Crippen MR) is 97.0 cm³/mol. The number of carbonyl (C=O) groups excluding carboxylic acids is 1. The molecule has 2 N–H and O–H groups in total. The van der Waals surface area contributed by atoms with Crippen molar-refractivity contribution in [3.63, 3.8) is 0 Å². The molecule has 2 aromatic rings. The van der Waals surface area contributed by atoms with Crippen LogP contribution >= 0.6 is 23.1 Å². The Balaban J connectivity index is 1.92. The van der Waals surface area contributed by atoms with Crippen LogP contribution in [0.25, 0.3) is 0 Å². The van der Waals surface area contributed by atoms with Crippen LogP contribution in [0.2, 0.25) is 0 Å². The summed E-state index contributed by atoms with van der Waals surface area (Å²) >= 11 is 3.01. The van der Waals surface area contributed by atoms with Gasteiger partial charge < -0.3 is 5.32 Å². The van der Waals surface area contributed by atoms with Crippen LogP contribution in [0.3, 0.4) is 0 Å². The monoisotopic (exact) mass is 370 g/mol. The third-order valence-corrected chi connectivity index (χ3v) is 5.58. The van der Waals surface area contributed by atoms with E-state index in [1.165, 1.54) is 11.3 Å². The van der Waals surface area contributed by atoms with Crippen LogP contribution in [0.4, 0.5) is 5.69 Å². The summed E-state index contributed by atoms with van der Waals surface area (Å²) in [5.74, 6) is -0.158. The maximum absolute atomic E-state index is 12.2. The second kappa shape index (κ2) is 7.96. The molecule has 0 bridgehead atoms. The average Bonchev–Trinajstić information content (AvgIpc) is 2.96. The van der Waals surface area contributed by atoms with Gasteiger partial charge in [0.1, 0.15) is 0 Å². The maximum atomic E-state index is 12.2. The van der Waals surface area contributed by atoms with Crippen molar-refractivity contribution in [2.75, 3.05) is 24.4 Å². The molecule has 1 amide bonds. The standard InChI is InChI=1S/C15H18N2O3S3/c1-21-12-5-3-11(4-6-12)17-15(18)14-8-7-13(22-14)9-10-16-23(2,19)20/h3-8,16H,9-10H2,1-2H3,(H,17,18). The number of thioether (sulfide) groups is 1. The van der Waals surface area contributed by atoms with Crippen LogP contribution in [0.1, 0.15) is 14.5 Å². The van der Waals surface area contributed by atoms with Crippen LogP contribution in [0, 0.1) is 0 Å². The lowest BCUT2D eigenvalue weighted by Gasteiger charge is -2.04. The first kappa shape index (κ1) is 18.0. The number of thiophene rings is 1. The van der Waals surface area contributed by atoms with Crippen molar-refractivity contribution < 1.29 is 13.2 Å². The van der Waals surface area contributed by atoms with Crippen LogP contribution < -0.4 is 10.0 Å². The van der Waals surface area contributed by atoms with Crippen molar-refractivity contribution in [2.45, 2.75) is 11.3 Å². The molecule has 1 aromatic heterocycles. The molecule has 8 heteroatoms. The van der Waals surface area contributed by atoms with Crippen molar-refractivity contribution in [3.05, 3.63) is 46.2 Å². The zero-order valence-corrected chi connectivity index (χ0v) is 15.3. The molecular formula is C15H18N2O3S3. The van der Waals surface area contributed by atoms with Gasteiger partial charge in [0.25, 0.3) is 5.91 Å². The third-order valence-electron chi connectivity index (χ3n) is 2.97. The second-order valence-corrected chi connectivity index (χ2v) is 8.75. The number of nitrogens with one attached hydrogen (secondary N) is 2. The lowest BCUT2D eigenvalue weighted by atomic mass is 10.3. The van der Waals surface area contributed by atoms with E-state index in [2.05, 4.69) is 10.0 Å². The minimum absolute atomic E-state index is 0.158.